The van der Waals surface area contributed by atoms with E-state index < -0.39 is 10.0 Å². The van der Waals surface area contributed by atoms with Crippen molar-refractivity contribution in [2.75, 3.05) is 18.5 Å². The van der Waals surface area contributed by atoms with Gasteiger partial charge in [0, 0.05) is 13.1 Å². The minimum Gasteiger partial charge on any atom is -0.497 e. The average molecular weight is 269 g/mol. The summed E-state index contributed by atoms with van der Waals surface area (Å²) in [5.74, 6) is 0.681. The van der Waals surface area contributed by atoms with Crippen LogP contribution in [0.3, 0.4) is 0 Å². The molecule has 0 saturated heterocycles. The van der Waals surface area contributed by atoms with Gasteiger partial charge in [-0.15, -0.1) is 0 Å². The maximum absolute atomic E-state index is 12.2. The van der Waals surface area contributed by atoms with Crippen molar-refractivity contribution < 1.29 is 13.2 Å². The summed E-state index contributed by atoms with van der Waals surface area (Å²) in [5, 5.41) is -0.196. The van der Waals surface area contributed by atoms with E-state index >= 15 is 0 Å². The molecule has 1 saturated carbocycles. The summed E-state index contributed by atoms with van der Waals surface area (Å²) >= 11 is 0. The molecule has 5 heteroatoms. The Labute approximate surface area is 109 Å². The van der Waals surface area contributed by atoms with Crippen molar-refractivity contribution in [1.29, 1.82) is 0 Å². The molecule has 0 bridgehead atoms. The Hall–Kier alpha value is -1.23. The number of nitrogens with zero attached hydrogens (tertiary/aromatic N) is 1. The second-order valence-electron chi connectivity index (χ2n) is 4.56. The molecule has 0 atom stereocenters. The van der Waals surface area contributed by atoms with Crippen LogP contribution in [0, 0.1) is 0 Å². The summed E-state index contributed by atoms with van der Waals surface area (Å²) in [6.07, 6.45) is 2.35. The summed E-state index contributed by atoms with van der Waals surface area (Å²) in [4.78, 5) is 0. The smallest absolute Gasteiger partial charge is 0.237 e. The number of hydrogen-bond acceptors (Lipinski definition) is 3. The van der Waals surface area contributed by atoms with Gasteiger partial charge < -0.3 is 4.74 Å². The van der Waals surface area contributed by atoms with Crippen LogP contribution in [0.25, 0.3) is 0 Å². The zero-order valence-electron chi connectivity index (χ0n) is 11.0. The zero-order valence-corrected chi connectivity index (χ0v) is 11.8. The van der Waals surface area contributed by atoms with Crippen molar-refractivity contribution in [3.63, 3.8) is 0 Å². The van der Waals surface area contributed by atoms with E-state index in [1.54, 1.807) is 20.2 Å². The van der Waals surface area contributed by atoms with E-state index in [-0.39, 0.29) is 5.25 Å². The first-order valence-electron chi connectivity index (χ1n) is 6.15. The summed E-state index contributed by atoms with van der Waals surface area (Å²) in [6, 6.07) is 5.58. The van der Waals surface area contributed by atoms with Crippen molar-refractivity contribution in [2.24, 2.45) is 0 Å². The topological polar surface area (TPSA) is 46.6 Å². The Kier molecular flexibility index (Phi) is 3.52. The van der Waals surface area contributed by atoms with E-state index in [9.17, 15) is 8.42 Å². The van der Waals surface area contributed by atoms with Crippen LogP contribution in [0.1, 0.15) is 25.3 Å². The number of sulfonamides is 1. The van der Waals surface area contributed by atoms with Gasteiger partial charge in [0.15, 0.2) is 0 Å². The SMILES string of the molecule is CCc1ccc(OC)cc1N(C)S(=O)(=O)C1CC1. The third-order valence-electron chi connectivity index (χ3n) is 3.34. The second kappa shape index (κ2) is 4.80. The van der Waals surface area contributed by atoms with Gasteiger partial charge in [0.2, 0.25) is 10.0 Å². The standard InChI is InChI=1S/C13H19NO3S/c1-4-10-5-6-11(17-3)9-13(10)14(2)18(15,16)12-7-8-12/h5-6,9,12H,4,7-8H2,1-3H3. The van der Waals surface area contributed by atoms with Gasteiger partial charge in [0.25, 0.3) is 0 Å². The van der Waals surface area contributed by atoms with Gasteiger partial charge in [0.1, 0.15) is 5.75 Å². The lowest BCUT2D eigenvalue weighted by atomic mass is 10.1. The lowest BCUT2D eigenvalue weighted by Gasteiger charge is -2.22. The maximum atomic E-state index is 12.2. The molecule has 18 heavy (non-hydrogen) atoms. The molecular formula is C13H19NO3S. The Bertz CT molecular complexity index is 535. The third-order valence-corrected chi connectivity index (χ3v) is 5.61. The highest BCUT2D eigenvalue weighted by Gasteiger charge is 2.39. The number of ether oxygens (including phenoxy) is 1. The Morgan fingerprint density at radius 3 is 2.56 bits per heavy atom. The molecule has 1 aromatic carbocycles. The highest BCUT2D eigenvalue weighted by Crippen LogP contribution is 2.35. The van der Waals surface area contributed by atoms with Crippen LogP contribution in [-0.4, -0.2) is 27.8 Å². The number of hydrogen-bond donors (Lipinski definition) is 0. The quantitative estimate of drug-likeness (QED) is 0.823. The first-order chi connectivity index (χ1) is 8.50. The number of methoxy groups -OCH3 is 1. The Balaban J connectivity index is 2.42. The number of anilines is 1. The molecule has 0 aliphatic heterocycles. The minimum atomic E-state index is -3.20. The first-order valence-corrected chi connectivity index (χ1v) is 7.65. The molecule has 100 valence electrons. The van der Waals surface area contributed by atoms with Crippen LogP contribution in [0.4, 0.5) is 5.69 Å². The second-order valence-corrected chi connectivity index (χ2v) is 6.80. The van der Waals surface area contributed by atoms with E-state index in [2.05, 4.69) is 0 Å². The van der Waals surface area contributed by atoms with Crippen molar-refractivity contribution in [3.05, 3.63) is 23.8 Å². The van der Waals surface area contributed by atoms with Crippen molar-refractivity contribution in [1.82, 2.24) is 0 Å². The molecule has 0 heterocycles. The highest BCUT2D eigenvalue weighted by atomic mass is 32.2. The monoisotopic (exact) mass is 269 g/mol. The van der Waals surface area contributed by atoms with E-state index in [1.807, 2.05) is 19.1 Å². The molecule has 1 fully saturated rings. The van der Waals surface area contributed by atoms with Gasteiger partial charge in [0.05, 0.1) is 18.0 Å². The van der Waals surface area contributed by atoms with Gasteiger partial charge in [-0.2, -0.15) is 0 Å². The largest absolute Gasteiger partial charge is 0.497 e. The Morgan fingerprint density at radius 2 is 2.06 bits per heavy atom. The normalized spacial score (nSPS) is 15.5. The molecule has 0 N–H and O–H groups in total. The van der Waals surface area contributed by atoms with Crippen LogP contribution >= 0.6 is 0 Å². The third kappa shape index (κ3) is 2.32. The molecule has 0 unspecified atom stereocenters. The molecule has 4 nitrogen and oxygen atoms in total. The number of aryl methyl sites for hydroxylation is 1. The summed E-state index contributed by atoms with van der Waals surface area (Å²) in [7, 11) is 0.0114. The van der Waals surface area contributed by atoms with Crippen molar-refractivity contribution >= 4 is 15.7 Å². The van der Waals surface area contributed by atoms with Crippen LogP contribution in [0.2, 0.25) is 0 Å². The minimum absolute atomic E-state index is 0.196. The van der Waals surface area contributed by atoms with E-state index in [1.165, 1.54) is 4.31 Å². The van der Waals surface area contributed by atoms with Crippen molar-refractivity contribution in [2.45, 2.75) is 31.4 Å². The fourth-order valence-electron chi connectivity index (χ4n) is 1.99. The molecule has 1 aliphatic rings. The summed E-state index contributed by atoms with van der Waals surface area (Å²) in [5.41, 5.74) is 1.74. The molecule has 1 aliphatic carbocycles. The number of rotatable bonds is 5. The predicted octanol–water partition coefficient (Wildman–Crippen LogP) is 2.19. The highest BCUT2D eigenvalue weighted by molar-refractivity contribution is 7.93. The first kappa shape index (κ1) is 13.2. The molecule has 0 spiro atoms. The van der Waals surface area contributed by atoms with Crippen LogP contribution in [0.15, 0.2) is 18.2 Å². The average Bonchev–Trinajstić information content (AvgIpc) is 3.21. The molecule has 2 rings (SSSR count). The molecule has 0 radical (unpaired) electrons. The fourth-order valence-corrected chi connectivity index (χ4v) is 3.61. The lowest BCUT2D eigenvalue weighted by Crippen LogP contribution is -2.30. The van der Waals surface area contributed by atoms with Gasteiger partial charge in [-0.1, -0.05) is 13.0 Å². The molecule has 1 aromatic rings. The Morgan fingerprint density at radius 1 is 1.39 bits per heavy atom. The van der Waals surface area contributed by atoms with Gasteiger partial charge in [-0.3, -0.25) is 4.31 Å². The van der Waals surface area contributed by atoms with Crippen LogP contribution in [0.5, 0.6) is 5.75 Å². The van der Waals surface area contributed by atoms with E-state index in [0.717, 1.165) is 30.5 Å². The fraction of sp³-hybridized carbons (Fsp3) is 0.538. The number of benzene rings is 1. The van der Waals surface area contributed by atoms with E-state index in [0.29, 0.717) is 5.75 Å². The maximum Gasteiger partial charge on any atom is 0.237 e. The van der Waals surface area contributed by atoms with Gasteiger partial charge >= 0.3 is 0 Å². The molecular weight excluding hydrogens is 250 g/mol. The summed E-state index contributed by atoms with van der Waals surface area (Å²) in [6.45, 7) is 2.02. The molecule has 0 aromatic heterocycles. The molecule has 0 amide bonds. The zero-order chi connectivity index (χ0) is 13.3. The lowest BCUT2D eigenvalue weighted by molar-refractivity contribution is 0.415. The van der Waals surface area contributed by atoms with Crippen LogP contribution in [-0.2, 0) is 16.4 Å². The van der Waals surface area contributed by atoms with Crippen LogP contribution < -0.4 is 9.04 Å². The van der Waals surface area contributed by atoms with Gasteiger partial charge in [-0.25, -0.2) is 8.42 Å². The predicted molar refractivity (Wildman–Crippen MR) is 72.7 cm³/mol. The van der Waals surface area contributed by atoms with Crippen molar-refractivity contribution in [3.8, 4) is 5.75 Å². The van der Waals surface area contributed by atoms with E-state index in [4.69, 9.17) is 4.74 Å². The summed E-state index contributed by atoms with van der Waals surface area (Å²) < 4.78 is 31.1. The van der Waals surface area contributed by atoms with Gasteiger partial charge in [-0.05, 0) is 30.9 Å².